The van der Waals surface area contributed by atoms with E-state index in [2.05, 4.69) is 5.32 Å². The second-order valence-electron chi connectivity index (χ2n) is 5.50. The predicted octanol–water partition coefficient (Wildman–Crippen LogP) is 2.27. The van der Waals surface area contributed by atoms with Gasteiger partial charge in [-0.1, -0.05) is 60.7 Å². The van der Waals surface area contributed by atoms with Crippen molar-refractivity contribution in [1.29, 1.82) is 0 Å². The molecule has 1 atom stereocenters. The minimum Gasteiger partial charge on any atom is -0.345 e. The summed E-state index contributed by atoms with van der Waals surface area (Å²) in [4.78, 5) is 26.1. The lowest BCUT2D eigenvalue weighted by molar-refractivity contribution is -0.133. The summed E-state index contributed by atoms with van der Waals surface area (Å²) in [6, 6.07) is 18.1. The second kappa shape index (κ2) is 10.5. The lowest BCUT2D eigenvalue weighted by Crippen LogP contribution is -2.42. The number of nitrogens with one attached hydrogen (secondary N) is 1. The van der Waals surface area contributed by atoms with Crippen molar-refractivity contribution in [3.63, 3.8) is 0 Å². The van der Waals surface area contributed by atoms with E-state index in [0.717, 1.165) is 11.1 Å². The van der Waals surface area contributed by atoms with Gasteiger partial charge in [0.25, 0.3) is 0 Å². The van der Waals surface area contributed by atoms with Crippen molar-refractivity contribution in [2.75, 3.05) is 13.1 Å². The minimum absolute atomic E-state index is 0. The van der Waals surface area contributed by atoms with E-state index in [1.54, 1.807) is 17.0 Å². The maximum absolute atomic E-state index is 12.3. The molecule has 2 rings (SSSR count). The average Bonchev–Trinajstić information content (AvgIpc) is 2.64. The van der Waals surface area contributed by atoms with Crippen LogP contribution in [-0.4, -0.2) is 29.8 Å². The van der Waals surface area contributed by atoms with Crippen molar-refractivity contribution in [2.24, 2.45) is 5.73 Å². The van der Waals surface area contributed by atoms with Crippen LogP contribution in [0.5, 0.6) is 0 Å². The fourth-order valence-electron chi connectivity index (χ4n) is 2.38. The molecule has 5 nitrogen and oxygen atoms in total. The summed E-state index contributed by atoms with van der Waals surface area (Å²) in [5.74, 6) is -0.486. The molecule has 0 aromatic heterocycles. The van der Waals surface area contributed by atoms with Crippen LogP contribution in [0.2, 0.25) is 0 Å². The summed E-state index contributed by atoms with van der Waals surface area (Å²) in [5.41, 5.74) is 7.70. The molecular formula is C19H24ClN3O2. The molecule has 0 aliphatic carbocycles. The van der Waals surface area contributed by atoms with Crippen LogP contribution in [0.3, 0.4) is 0 Å². The molecule has 6 heteroatoms. The Labute approximate surface area is 154 Å². The van der Waals surface area contributed by atoms with Crippen molar-refractivity contribution in [3.8, 4) is 0 Å². The van der Waals surface area contributed by atoms with Gasteiger partial charge in [-0.25, -0.2) is 0 Å². The van der Waals surface area contributed by atoms with Crippen molar-refractivity contribution >= 4 is 24.2 Å². The second-order valence-corrected chi connectivity index (χ2v) is 5.50. The van der Waals surface area contributed by atoms with E-state index in [0.29, 0.717) is 13.1 Å². The highest BCUT2D eigenvalue weighted by atomic mass is 35.5. The summed E-state index contributed by atoms with van der Waals surface area (Å²) in [5, 5.41) is 2.63. The van der Waals surface area contributed by atoms with Gasteiger partial charge in [0, 0.05) is 13.1 Å². The van der Waals surface area contributed by atoms with Gasteiger partial charge in [0.1, 0.15) is 6.04 Å². The van der Waals surface area contributed by atoms with Crippen molar-refractivity contribution in [1.82, 2.24) is 10.2 Å². The maximum Gasteiger partial charge on any atom is 0.242 e. The largest absolute Gasteiger partial charge is 0.345 e. The molecule has 0 heterocycles. The molecule has 0 fully saturated rings. The summed E-state index contributed by atoms with van der Waals surface area (Å²) >= 11 is 0. The molecule has 134 valence electrons. The monoisotopic (exact) mass is 361 g/mol. The smallest absolute Gasteiger partial charge is 0.242 e. The zero-order chi connectivity index (χ0) is 17.4. The highest BCUT2D eigenvalue weighted by molar-refractivity contribution is 5.88. The molecule has 0 radical (unpaired) electrons. The van der Waals surface area contributed by atoms with Crippen molar-refractivity contribution < 1.29 is 9.59 Å². The number of nitrogens with two attached hydrogens (primary N) is 1. The van der Waals surface area contributed by atoms with E-state index in [9.17, 15) is 9.59 Å². The molecule has 2 aromatic carbocycles. The van der Waals surface area contributed by atoms with Crippen LogP contribution < -0.4 is 11.1 Å². The quantitative estimate of drug-likeness (QED) is 0.794. The van der Waals surface area contributed by atoms with Gasteiger partial charge in [-0.3, -0.25) is 9.59 Å². The summed E-state index contributed by atoms with van der Waals surface area (Å²) in [6.07, 6.45) is 0. The Kier molecular flexibility index (Phi) is 8.67. The number of hydrogen-bond acceptors (Lipinski definition) is 3. The first-order valence-corrected chi connectivity index (χ1v) is 8.01. The van der Waals surface area contributed by atoms with Crippen LogP contribution in [0.15, 0.2) is 60.7 Å². The fraction of sp³-hybridized carbons (Fsp3) is 0.263. The van der Waals surface area contributed by atoms with E-state index >= 15 is 0 Å². The van der Waals surface area contributed by atoms with Crippen LogP contribution in [0.25, 0.3) is 0 Å². The van der Waals surface area contributed by atoms with Crippen LogP contribution in [0.4, 0.5) is 0 Å². The first-order chi connectivity index (χ1) is 11.6. The maximum atomic E-state index is 12.3. The third-order valence-corrected chi connectivity index (χ3v) is 3.81. The standard InChI is InChI=1S/C19H23N3O2.ClH/c1-2-22(14-15-9-5-3-6-10-15)17(23)13-21-19(24)18(20)16-11-7-4-8-12-16;/h3-12,18H,2,13-14,20H2,1H3,(H,21,24);1H. The van der Waals surface area contributed by atoms with Gasteiger partial charge >= 0.3 is 0 Å². The van der Waals surface area contributed by atoms with Crippen LogP contribution in [0.1, 0.15) is 24.1 Å². The number of hydrogen-bond donors (Lipinski definition) is 2. The average molecular weight is 362 g/mol. The Morgan fingerprint density at radius 1 is 1.04 bits per heavy atom. The molecule has 0 aliphatic rings. The Balaban J connectivity index is 0.00000312. The molecule has 0 saturated heterocycles. The lowest BCUT2D eigenvalue weighted by Gasteiger charge is -2.22. The number of rotatable bonds is 7. The Hall–Kier alpha value is -2.37. The first kappa shape index (κ1) is 20.7. The zero-order valence-corrected chi connectivity index (χ0v) is 15.0. The van der Waals surface area contributed by atoms with Gasteiger partial charge < -0.3 is 16.0 Å². The number of amides is 2. The molecule has 2 aromatic rings. The predicted molar refractivity (Wildman–Crippen MR) is 101 cm³/mol. The molecule has 2 amide bonds. The first-order valence-electron chi connectivity index (χ1n) is 8.01. The van der Waals surface area contributed by atoms with E-state index < -0.39 is 6.04 Å². The number of likely N-dealkylation sites (N-methyl/N-ethyl adjacent to an activating group) is 1. The van der Waals surface area contributed by atoms with E-state index in [1.807, 2.05) is 55.5 Å². The van der Waals surface area contributed by atoms with Gasteiger partial charge in [0.15, 0.2) is 0 Å². The molecule has 1 unspecified atom stereocenters. The van der Waals surface area contributed by atoms with Gasteiger partial charge in [-0.2, -0.15) is 0 Å². The Morgan fingerprint density at radius 3 is 2.16 bits per heavy atom. The van der Waals surface area contributed by atoms with Crippen LogP contribution in [-0.2, 0) is 16.1 Å². The third kappa shape index (κ3) is 6.21. The lowest BCUT2D eigenvalue weighted by atomic mass is 10.1. The van der Waals surface area contributed by atoms with E-state index in [4.69, 9.17) is 5.73 Å². The molecule has 0 saturated carbocycles. The number of halogens is 1. The fourth-order valence-corrected chi connectivity index (χ4v) is 2.38. The van der Waals surface area contributed by atoms with E-state index in [-0.39, 0.29) is 30.8 Å². The number of nitrogens with zero attached hydrogens (tertiary/aromatic N) is 1. The summed E-state index contributed by atoms with van der Waals surface area (Å²) in [7, 11) is 0. The minimum atomic E-state index is -0.775. The highest BCUT2D eigenvalue weighted by Crippen LogP contribution is 2.09. The normalized spacial score (nSPS) is 11.1. The van der Waals surface area contributed by atoms with Crippen LogP contribution in [0, 0.1) is 0 Å². The summed E-state index contributed by atoms with van der Waals surface area (Å²) < 4.78 is 0. The summed E-state index contributed by atoms with van der Waals surface area (Å²) in [6.45, 7) is 2.96. The Morgan fingerprint density at radius 2 is 1.60 bits per heavy atom. The SMILES string of the molecule is CCN(Cc1ccccc1)C(=O)CNC(=O)C(N)c1ccccc1.Cl. The number of carbonyl (C=O) groups is 2. The molecule has 0 bridgehead atoms. The van der Waals surface area contributed by atoms with E-state index in [1.165, 1.54) is 0 Å². The van der Waals surface area contributed by atoms with Gasteiger partial charge in [-0.05, 0) is 18.1 Å². The van der Waals surface area contributed by atoms with Gasteiger partial charge in [0.05, 0.1) is 6.54 Å². The topological polar surface area (TPSA) is 75.4 Å². The van der Waals surface area contributed by atoms with Crippen molar-refractivity contribution in [3.05, 3.63) is 71.8 Å². The molecule has 25 heavy (non-hydrogen) atoms. The van der Waals surface area contributed by atoms with Crippen molar-refractivity contribution in [2.45, 2.75) is 19.5 Å². The van der Waals surface area contributed by atoms with Crippen LogP contribution >= 0.6 is 12.4 Å². The molecule has 3 N–H and O–H groups in total. The molecule has 0 spiro atoms. The third-order valence-electron chi connectivity index (χ3n) is 3.81. The molecule has 0 aliphatic heterocycles. The zero-order valence-electron chi connectivity index (χ0n) is 14.2. The number of carbonyl (C=O) groups excluding carboxylic acids is 2. The molecular weight excluding hydrogens is 338 g/mol. The number of benzene rings is 2. The Bertz CT molecular complexity index is 665. The highest BCUT2D eigenvalue weighted by Gasteiger charge is 2.18. The van der Waals surface area contributed by atoms with Gasteiger partial charge in [-0.15, -0.1) is 12.4 Å². The van der Waals surface area contributed by atoms with Gasteiger partial charge in [0.2, 0.25) is 11.8 Å².